The van der Waals surface area contributed by atoms with E-state index in [0.717, 1.165) is 50.9 Å². The molecule has 0 fully saturated rings. The summed E-state index contributed by atoms with van der Waals surface area (Å²) in [5, 5.41) is 0. The molecule has 128 valence electrons. The summed E-state index contributed by atoms with van der Waals surface area (Å²) < 4.78 is 18.8. The van der Waals surface area contributed by atoms with E-state index in [-0.39, 0.29) is 0 Å². The van der Waals surface area contributed by atoms with E-state index in [1.165, 1.54) is 11.3 Å². The zero-order chi connectivity index (χ0) is 16.4. The molecule has 2 aromatic rings. The van der Waals surface area contributed by atoms with Gasteiger partial charge >= 0.3 is 0 Å². The smallest absolute Gasteiger partial charge is 0.231 e. The Morgan fingerprint density at radius 2 is 2.17 bits per heavy atom. The molecular formula is C18H23N3O3. The zero-order valence-electron chi connectivity index (χ0n) is 14.0. The van der Waals surface area contributed by atoms with Gasteiger partial charge in [-0.15, -0.1) is 0 Å². The predicted octanol–water partition coefficient (Wildman–Crippen LogP) is 2.28. The van der Waals surface area contributed by atoms with Gasteiger partial charge in [-0.3, -0.25) is 4.90 Å². The van der Waals surface area contributed by atoms with Crippen LogP contribution in [-0.2, 0) is 24.4 Å². The molecule has 4 rings (SSSR count). The number of hydrogen-bond donors (Lipinski definition) is 0. The largest absolute Gasteiger partial charge is 0.454 e. The first-order valence-electron chi connectivity index (χ1n) is 8.49. The Bertz CT molecular complexity index is 701. The molecule has 0 amide bonds. The Hall–Kier alpha value is -2.05. The highest BCUT2D eigenvalue weighted by molar-refractivity contribution is 5.44. The van der Waals surface area contributed by atoms with E-state index in [1.54, 1.807) is 0 Å². The van der Waals surface area contributed by atoms with E-state index < -0.39 is 0 Å². The number of ether oxygens (including phenoxy) is 3. The third kappa shape index (κ3) is 3.25. The van der Waals surface area contributed by atoms with Crippen molar-refractivity contribution >= 4 is 0 Å². The van der Waals surface area contributed by atoms with Gasteiger partial charge in [0.25, 0.3) is 0 Å². The molecule has 1 atom stereocenters. The van der Waals surface area contributed by atoms with E-state index in [9.17, 15) is 0 Å². The minimum Gasteiger partial charge on any atom is -0.454 e. The van der Waals surface area contributed by atoms with Gasteiger partial charge in [0, 0.05) is 44.9 Å². The van der Waals surface area contributed by atoms with Crippen LogP contribution >= 0.6 is 0 Å². The number of imidazole rings is 1. The van der Waals surface area contributed by atoms with Crippen molar-refractivity contribution in [1.82, 2.24) is 14.5 Å². The molecule has 0 bridgehead atoms. The summed E-state index contributed by atoms with van der Waals surface area (Å²) in [4.78, 5) is 6.77. The summed E-state index contributed by atoms with van der Waals surface area (Å²) in [6.07, 6.45) is 3.90. The van der Waals surface area contributed by atoms with Crippen LogP contribution in [-0.4, -0.2) is 41.0 Å². The molecule has 0 spiro atoms. The van der Waals surface area contributed by atoms with Gasteiger partial charge in [-0.05, 0) is 24.6 Å². The third-order valence-corrected chi connectivity index (χ3v) is 4.56. The van der Waals surface area contributed by atoms with E-state index in [4.69, 9.17) is 14.2 Å². The van der Waals surface area contributed by atoms with E-state index in [1.807, 2.05) is 25.5 Å². The monoisotopic (exact) mass is 329 g/mol. The topological polar surface area (TPSA) is 48.8 Å². The molecule has 6 nitrogen and oxygen atoms in total. The van der Waals surface area contributed by atoms with Gasteiger partial charge in [0.05, 0.1) is 18.6 Å². The molecule has 0 N–H and O–H groups in total. The first-order chi connectivity index (χ1) is 11.8. The Morgan fingerprint density at radius 1 is 1.25 bits per heavy atom. The van der Waals surface area contributed by atoms with Gasteiger partial charge in [0.2, 0.25) is 6.79 Å². The molecule has 3 heterocycles. The summed E-state index contributed by atoms with van der Waals surface area (Å²) in [5.74, 6) is 2.15. The molecule has 0 aliphatic carbocycles. The average molecular weight is 329 g/mol. The van der Waals surface area contributed by atoms with Crippen molar-refractivity contribution in [2.24, 2.45) is 5.92 Å². The lowest BCUT2D eigenvalue weighted by Gasteiger charge is -2.24. The highest BCUT2D eigenvalue weighted by Crippen LogP contribution is 2.33. The van der Waals surface area contributed by atoms with Crippen molar-refractivity contribution in [2.75, 3.05) is 26.6 Å². The minimum atomic E-state index is 0.318. The van der Waals surface area contributed by atoms with Crippen LogP contribution in [0.1, 0.15) is 18.2 Å². The van der Waals surface area contributed by atoms with Crippen molar-refractivity contribution in [3.63, 3.8) is 0 Å². The lowest BCUT2D eigenvalue weighted by Crippen LogP contribution is -2.30. The number of benzene rings is 1. The van der Waals surface area contributed by atoms with Crippen molar-refractivity contribution in [3.8, 4) is 11.5 Å². The molecule has 0 radical (unpaired) electrons. The summed E-state index contributed by atoms with van der Waals surface area (Å²) in [6, 6.07) is 6.20. The van der Waals surface area contributed by atoms with Crippen LogP contribution in [0.2, 0.25) is 0 Å². The molecule has 2 aliphatic heterocycles. The Labute approximate surface area is 142 Å². The molecule has 0 saturated heterocycles. The van der Waals surface area contributed by atoms with Gasteiger partial charge in [-0.1, -0.05) is 6.07 Å². The molecule has 1 aromatic carbocycles. The van der Waals surface area contributed by atoms with Gasteiger partial charge in [0.1, 0.15) is 0 Å². The third-order valence-electron chi connectivity index (χ3n) is 4.56. The molecule has 2 aliphatic rings. The maximum absolute atomic E-state index is 5.68. The summed E-state index contributed by atoms with van der Waals surface area (Å²) in [7, 11) is 0. The van der Waals surface area contributed by atoms with Crippen LogP contribution in [0.15, 0.2) is 30.7 Å². The molecule has 24 heavy (non-hydrogen) atoms. The first-order valence-corrected chi connectivity index (χ1v) is 8.49. The lowest BCUT2D eigenvalue weighted by atomic mass is 10.1. The van der Waals surface area contributed by atoms with Gasteiger partial charge in [-0.25, -0.2) is 4.98 Å². The van der Waals surface area contributed by atoms with E-state index >= 15 is 0 Å². The second-order valence-corrected chi connectivity index (χ2v) is 6.42. The van der Waals surface area contributed by atoms with Gasteiger partial charge in [-0.2, -0.15) is 0 Å². The van der Waals surface area contributed by atoms with Crippen LogP contribution < -0.4 is 9.47 Å². The molecule has 6 heteroatoms. The number of fused-ring (bicyclic) bond motifs is 2. The normalized spacial score (nSPS) is 20.0. The second-order valence-electron chi connectivity index (χ2n) is 6.42. The van der Waals surface area contributed by atoms with Crippen LogP contribution in [0.5, 0.6) is 11.5 Å². The molecule has 1 aromatic heterocycles. The highest BCUT2D eigenvalue weighted by atomic mass is 16.7. The summed E-state index contributed by atoms with van der Waals surface area (Å²) in [6.45, 7) is 7.66. The highest BCUT2D eigenvalue weighted by Gasteiger charge is 2.23. The first kappa shape index (κ1) is 15.5. The quantitative estimate of drug-likeness (QED) is 0.842. The summed E-state index contributed by atoms with van der Waals surface area (Å²) in [5.41, 5.74) is 2.50. The number of hydrogen-bond acceptors (Lipinski definition) is 5. The van der Waals surface area contributed by atoms with Crippen LogP contribution in [0.3, 0.4) is 0 Å². The predicted molar refractivity (Wildman–Crippen MR) is 88.9 cm³/mol. The lowest BCUT2D eigenvalue weighted by molar-refractivity contribution is 0.0850. The van der Waals surface area contributed by atoms with Crippen LogP contribution in [0, 0.1) is 5.92 Å². The fourth-order valence-electron chi connectivity index (χ4n) is 3.45. The SMILES string of the molecule is CCOC[C@H]1CN(Cc2ccc3c(c2)OCO3)Cc2cncn2C1. The number of nitrogens with zero attached hydrogens (tertiary/aromatic N) is 3. The van der Waals surface area contributed by atoms with Crippen molar-refractivity contribution in [1.29, 1.82) is 0 Å². The van der Waals surface area contributed by atoms with E-state index in [0.29, 0.717) is 12.7 Å². The van der Waals surface area contributed by atoms with E-state index in [2.05, 4.69) is 26.6 Å². The number of aromatic nitrogens is 2. The maximum Gasteiger partial charge on any atom is 0.231 e. The standard InChI is InChI=1S/C18H23N3O3/c1-2-22-11-15-8-20(10-16-6-19-12-21(16)9-15)7-14-3-4-17-18(5-14)24-13-23-17/h3-6,12,15H,2,7-11,13H2,1H3/t15-/m0/s1. The van der Waals surface area contributed by atoms with Crippen molar-refractivity contribution in [3.05, 3.63) is 42.0 Å². The Balaban J connectivity index is 1.50. The summed E-state index contributed by atoms with van der Waals surface area (Å²) >= 11 is 0. The van der Waals surface area contributed by atoms with Gasteiger partial charge < -0.3 is 18.8 Å². The van der Waals surface area contributed by atoms with Gasteiger partial charge in [0.15, 0.2) is 11.5 Å². The second kappa shape index (κ2) is 6.83. The Morgan fingerprint density at radius 3 is 3.08 bits per heavy atom. The fourth-order valence-corrected chi connectivity index (χ4v) is 3.45. The fraction of sp³-hybridized carbons (Fsp3) is 0.500. The molecule has 0 unspecified atom stereocenters. The van der Waals surface area contributed by atoms with Crippen molar-refractivity contribution < 1.29 is 14.2 Å². The van der Waals surface area contributed by atoms with Crippen molar-refractivity contribution in [2.45, 2.75) is 26.6 Å². The van der Waals surface area contributed by atoms with Crippen LogP contribution in [0.25, 0.3) is 0 Å². The minimum absolute atomic E-state index is 0.318. The zero-order valence-corrected chi connectivity index (χ0v) is 14.0. The number of rotatable bonds is 5. The Kier molecular flexibility index (Phi) is 4.40. The molecular weight excluding hydrogens is 306 g/mol. The average Bonchev–Trinajstić information content (AvgIpc) is 3.18. The van der Waals surface area contributed by atoms with Crippen LogP contribution in [0.4, 0.5) is 0 Å². The molecule has 0 saturated carbocycles. The maximum atomic E-state index is 5.68.